The second-order valence-corrected chi connectivity index (χ2v) is 10.9. The van der Waals surface area contributed by atoms with Crippen molar-refractivity contribution in [2.45, 2.75) is 25.3 Å². The topological polar surface area (TPSA) is 105 Å². The average Bonchev–Trinajstić information content (AvgIpc) is 3.37. The number of pyridine rings is 1. The van der Waals surface area contributed by atoms with E-state index in [1.165, 1.54) is 6.07 Å². The van der Waals surface area contributed by atoms with E-state index in [1.54, 1.807) is 17.1 Å². The average molecular weight is 557 g/mol. The number of nitrogens with zero attached hydrogens (tertiary/aromatic N) is 4. The number of nitrogens with one attached hydrogen (secondary N) is 1. The van der Waals surface area contributed by atoms with Gasteiger partial charge in [0.2, 0.25) is 5.43 Å². The molecule has 2 aliphatic heterocycles. The lowest BCUT2D eigenvalue weighted by molar-refractivity contribution is 0.0951. The van der Waals surface area contributed by atoms with Crippen molar-refractivity contribution >= 4 is 39.6 Å². The van der Waals surface area contributed by atoms with Gasteiger partial charge in [0, 0.05) is 52.5 Å². The molecule has 10 heteroatoms. The van der Waals surface area contributed by atoms with Crippen LogP contribution in [0.1, 0.15) is 29.6 Å². The monoisotopic (exact) mass is 556 g/mol. The van der Waals surface area contributed by atoms with Crippen molar-refractivity contribution in [3.05, 3.63) is 70.3 Å². The van der Waals surface area contributed by atoms with Gasteiger partial charge in [-0.1, -0.05) is 24.3 Å². The maximum Gasteiger partial charge on any atom is 0.256 e. The first-order valence-corrected chi connectivity index (χ1v) is 13.9. The lowest BCUT2D eigenvalue weighted by Gasteiger charge is -2.29. The minimum absolute atomic E-state index is 0.0505. The molecule has 3 N–H and O–H groups in total. The van der Waals surface area contributed by atoms with Crippen molar-refractivity contribution in [1.29, 1.82) is 0 Å². The molecule has 0 bridgehead atoms. The molecule has 3 aromatic carbocycles. The molecule has 0 radical (unpaired) electrons. The van der Waals surface area contributed by atoms with E-state index < -0.39 is 17.2 Å². The van der Waals surface area contributed by atoms with Crippen LogP contribution in [0.4, 0.5) is 10.1 Å². The zero-order chi connectivity index (χ0) is 28.7. The molecule has 1 aromatic heterocycles. The van der Waals surface area contributed by atoms with Gasteiger partial charge in [0.1, 0.15) is 16.8 Å². The summed E-state index contributed by atoms with van der Waals surface area (Å²) in [5, 5.41) is 4.88. The first-order chi connectivity index (χ1) is 19.8. The van der Waals surface area contributed by atoms with E-state index in [0.717, 1.165) is 23.6 Å². The van der Waals surface area contributed by atoms with Crippen LogP contribution in [0.15, 0.2) is 58.4 Å². The number of anilines is 1. The number of carbonyl (C=O) groups excluding carboxylic acids is 1. The molecule has 0 spiro atoms. The largest absolute Gasteiger partial charge is 0.451 e. The number of rotatable bonds is 8. The number of unbranched alkanes of at least 4 members (excludes halogenated alkanes) is 1. The van der Waals surface area contributed by atoms with Gasteiger partial charge in [-0.2, -0.15) is 0 Å². The van der Waals surface area contributed by atoms with E-state index in [2.05, 4.69) is 10.3 Å². The molecule has 9 nitrogen and oxygen atoms in total. The van der Waals surface area contributed by atoms with Crippen molar-refractivity contribution < 1.29 is 13.9 Å². The number of hydrogen-bond acceptors (Lipinski definition) is 6. The van der Waals surface area contributed by atoms with Crippen LogP contribution in [0.25, 0.3) is 27.4 Å². The minimum atomic E-state index is -0.578. The molecule has 0 unspecified atom stereocenters. The van der Waals surface area contributed by atoms with Crippen LogP contribution in [0.5, 0.6) is 11.5 Å². The fourth-order valence-corrected chi connectivity index (χ4v) is 5.58. The van der Waals surface area contributed by atoms with Crippen molar-refractivity contribution in [1.82, 2.24) is 14.8 Å². The van der Waals surface area contributed by atoms with Crippen LogP contribution in [0.2, 0.25) is 0 Å². The van der Waals surface area contributed by atoms with Gasteiger partial charge >= 0.3 is 0 Å². The first-order valence-electron chi connectivity index (χ1n) is 13.9. The Bertz CT molecular complexity index is 1750. The summed E-state index contributed by atoms with van der Waals surface area (Å²) in [6.45, 7) is 2.10. The lowest BCUT2D eigenvalue weighted by Crippen LogP contribution is -2.31. The summed E-state index contributed by atoms with van der Waals surface area (Å²) in [6.07, 6.45) is 5.54. The van der Waals surface area contributed by atoms with Gasteiger partial charge in [-0.15, -0.1) is 0 Å². The van der Waals surface area contributed by atoms with E-state index in [4.69, 9.17) is 10.5 Å². The molecule has 2 aliphatic rings. The molecular weight excluding hydrogens is 523 g/mol. The highest BCUT2D eigenvalue weighted by atomic mass is 19.1. The smallest absolute Gasteiger partial charge is 0.256 e. The predicted molar refractivity (Wildman–Crippen MR) is 161 cm³/mol. The highest BCUT2D eigenvalue weighted by molar-refractivity contribution is 6.02. The molecule has 1 fully saturated rings. The molecule has 1 amide bonds. The third-order valence-corrected chi connectivity index (χ3v) is 7.57. The number of aromatic nitrogens is 1. The Balaban J connectivity index is 1.43. The van der Waals surface area contributed by atoms with Crippen LogP contribution in [-0.4, -0.2) is 68.0 Å². The zero-order valence-corrected chi connectivity index (χ0v) is 23.2. The molecule has 1 atom stereocenters. The van der Waals surface area contributed by atoms with E-state index in [-0.39, 0.29) is 28.4 Å². The summed E-state index contributed by atoms with van der Waals surface area (Å²) in [7, 11) is 3.81. The normalized spacial score (nSPS) is 15.9. The highest BCUT2D eigenvalue weighted by Crippen LogP contribution is 2.48. The summed E-state index contributed by atoms with van der Waals surface area (Å²) < 4.78 is 24.0. The van der Waals surface area contributed by atoms with Crippen molar-refractivity contribution in [2.75, 3.05) is 45.2 Å². The maximum atomic E-state index is 15.8. The fraction of sp³-hybridized carbons (Fsp3) is 0.323. The Labute approximate surface area is 237 Å². The Morgan fingerprint density at radius 1 is 1.22 bits per heavy atom. The minimum Gasteiger partial charge on any atom is -0.451 e. The van der Waals surface area contributed by atoms with Gasteiger partial charge in [0.05, 0.1) is 17.4 Å². The molecular formula is C31H33FN6O3. The summed E-state index contributed by atoms with van der Waals surface area (Å²) >= 11 is 0. The Kier molecular flexibility index (Phi) is 7.08. The lowest BCUT2D eigenvalue weighted by atomic mass is 10.0. The number of benzene rings is 3. The van der Waals surface area contributed by atoms with Crippen LogP contribution in [-0.2, 0) is 0 Å². The Morgan fingerprint density at radius 2 is 2.00 bits per heavy atom. The molecule has 4 aromatic rings. The number of fused-ring (bicyclic) bond motifs is 3. The van der Waals surface area contributed by atoms with E-state index in [1.807, 2.05) is 60.3 Å². The second kappa shape index (κ2) is 10.9. The van der Waals surface area contributed by atoms with Gasteiger partial charge in [-0.3, -0.25) is 14.6 Å². The van der Waals surface area contributed by atoms with Gasteiger partial charge in [0.25, 0.3) is 5.91 Å². The van der Waals surface area contributed by atoms with Crippen LogP contribution < -0.4 is 26.1 Å². The maximum absolute atomic E-state index is 15.8. The highest BCUT2D eigenvalue weighted by Gasteiger charge is 2.32. The zero-order valence-electron chi connectivity index (χ0n) is 23.2. The molecule has 1 saturated heterocycles. The van der Waals surface area contributed by atoms with E-state index in [9.17, 15) is 9.59 Å². The molecule has 3 heterocycles. The van der Waals surface area contributed by atoms with Gasteiger partial charge < -0.3 is 30.2 Å². The fourth-order valence-electron chi connectivity index (χ4n) is 5.58. The predicted octanol–water partition coefficient (Wildman–Crippen LogP) is 4.03. The number of nitrogens with two attached hydrogens (primary N) is 1. The third kappa shape index (κ3) is 4.99. The van der Waals surface area contributed by atoms with Crippen molar-refractivity contribution in [3.63, 3.8) is 0 Å². The quantitative estimate of drug-likeness (QED) is 0.170. The number of hydrogen-bond donors (Lipinski definition) is 2. The summed E-state index contributed by atoms with van der Waals surface area (Å²) in [5.74, 6) is -0.298. The number of amides is 1. The Hall–Kier alpha value is -4.44. The van der Waals surface area contributed by atoms with E-state index in [0.29, 0.717) is 49.6 Å². The molecule has 41 heavy (non-hydrogen) atoms. The van der Waals surface area contributed by atoms with Crippen LogP contribution in [0.3, 0.4) is 0 Å². The first kappa shape index (κ1) is 26.8. The number of halogens is 1. The van der Waals surface area contributed by atoms with Crippen LogP contribution in [0, 0.1) is 5.82 Å². The van der Waals surface area contributed by atoms with Crippen LogP contribution >= 0.6 is 0 Å². The second-order valence-electron chi connectivity index (χ2n) is 10.9. The summed E-state index contributed by atoms with van der Waals surface area (Å²) in [5.41, 5.74) is 6.95. The number of carbonyl (C=O) groups is 1. The molecule has 6 rings (SSSR count). The molecule has 0 aliphatic carbocycles. The summed E-state index contributed by atoms with van der Waals surface area (Å²) in [4.78, 5) is 35.0. The third-order valence-electron chi connectivity index (χ3n) is 7.57. The molecule has 212 valence electrons. The van der Waals surface area contributed by atoms with Gasteiger partial charge in [-0.05, 0) is 48.2 Å². The number of aliphatic imine (C=N–C) groups is 1. The van der Waals surface area contributed by atoms with E-state index >= 15 is 4.39 Å². The SMILES string of the molecule is CN(C)C=NCCCCNC(=O)c1cn2c3c(c(N4CC[C@@H](N)C4)c(F)cc3c1=O)Oc1cc3ccccc3cc1-2. The van der Waals surface area contributed by atoms with Gasteiger partial charge in [0.15, 0.2) is 17.3 Å². The van der Waals surface area contributed by atoms with Crippen molar-refractivity contribution in [3.8, 4) is 17.2 Å². The standard InChI is InChI=1S/C31H33FN6O3/c1-36(2)18-34-10-5-6-11-35-31(40)23-17-38-25-13-19-7-3-4-8-20(19)14-26(25)41-30-27(38)22(29(23)39)15-24(32)28(30)37-12-9-21(33)16-37/h3-4,7-8,13-15,17-18,21H,5-6,9-12,16,33H2,1-2H3,(H,35,40)/t21-/m1/s1. The van der Waals surface area contributed by atoms with Gasteiger partial charge in [-0.25, -0.2) is 4.39 Å². The summed E-state index contributed by atoms with van der Waals surface area (Å²) in [6, 6.07) is 12.9. The Morgan fingerprint density at radius 3 is 2.73 bits per heavy atom. The number of ether oxygens (including phenoxy) is 1. The van der Waals surface area contributed by atoms with Crippen molar-refractivity contribution in [2.24, 2.45) is 10.7 Å². The molecule has 0 saturated carbocycles.